The first-order chi connectivity index (χ1) is 9.70. The van der Waals surface area contributed by atoms with E-state index in [1.807, 2.05) is 6.92 Å². The molecule has 20 heavy (non-hydrogen) atoms. The summed E-state index contributed by atoms with van der Waals surface area (Å²) in [6.45, 7) is 4.01. The zero-order valence-corrected chi connectivity index (χ0v) is 11.7. The summed E-state index contributed by atoms with van der Waals surface area (Å²) in [6, 6.07) is 12.5. The predicted molar refractivity (Wildman–Crippen MR) is 84.7 cm³/mol. The van der Waals surface area contributed by atoms with Crippen LogP contribution in [0.3, 0.4) is 0 Å². The van der Waals surface area contributed by atoms with Gasteiger partial charge in [-0.05, 0) is 37.0 Å². The monoisotopic (exact) mass is 263 g/mol. The average Bonchev–Trinajstić information content (AvgIpc) is 2.85. The van der Waals surface area contributed by atoms with Crippen molar-refractivity contribution < 1.29 is 4.42 Å². The molecule has 0 aliphatic carbocycles. The molecule has 2 heteroatoms. The summed E-state index contributed by atoms with van der Waals surface area (Å²) in [4.78, 5) is 0. The Morgan fingerprint density at radius 3 is 2.55 bits per heavy atom. The van der Waals surface area contributed by atoms with Gasteiger partial charge in [-0.2, -0.15) is 0 Å². The number of para-hydroxylation sites is 2. The number of benzene rings is 2. The van der Waals surface area contributed by atoms with Gasteiger partial charge in [0, 0.05) is 17.0 Å². The number of hydrogen-bond donors (Lipinski definition) is 1. The van der Waals surface area contributed by atoms with Crippen LogP contribution in [0.15, 0.2) is 52.5 Å². The number of rotatable bonds is 3. The molecule has 0 saturated heterocycles. The molecule has 3 aromatic rings. The normalized spacial score (nSPS) is 12.2. The number of furan rings is 1. The molecule has 0 fully saturated rings. The first kappa shape index (κ1) is 12.7. The van der Waals surface area contributed by atoms with Crippen LogP contribution in [-0.2, 0) is 6.42 Å². The van der Waals surface area contributed by atoms with Crippen molar-refractivity contribution in [2.45, 2.75) is 20.3 Å². The van der Waals surface area contributed by atoms with Crippen molar-refractivity contribution in [3.8, 4) is 0 Å². The van der Waals surface area contributed by atoms with Crippen LogP contribution < -0.4 is 0 Å². The standard InChI is InChI=1S/C18H17NO/c1-12(11-19)9-10-14-6-4-8-16-15-7-3-5-13(2)17(15)20-18(14)16/h3-9,11,19H,10H2,1-2H3/b12-9-,19-11?. The Kier molecular flexibility index (Phi) is 3.15. The number of hydrogen-bond acceptors (Lipinski definition) is 2. The predicted octanol–water partition coefficient (Wildman–Crippen LogP) is 5.03. The molecule has 2 nitrogen and oxygen atoms in total. The molecule has 0 atom stereocenters. The molecule has 1 heterocycles. The highest BCUT2D eigenvalue weighted by Crippen LogP contribution is 2.32. The van der Waals surface area contributed by atoms with E-state index in [9.17, 15) is 0 Å². The quantitative estimate of drug-likeness (QED) is 0.661. The van der Waals surface area contributed by atoms with E-state index in [1.54, 1.807) is 0 Å². The van der Waals surface area contributed by atoms with E-state index in [4.69, 9.17) is 9.83 Å². The third kappa shape index (κ3) is 2.03. The van der Waals surface area contributed by atoms with E-state index in [-0.39, 0.29) is 0 Å². The third-order valence-electron chi connectivity index (χ3n) is 3.67. The zero-order chi connectivity index (χ0) is 14.1. The van der Waals surface area contributed by atoms with Gasteiger partial charge >= 0.3 is 0 Å². The molecular formula is C18H17NO. The van der Waals surface area contributed by atoms with Crippen LogP contribution in [0.25, 0.3) is 21.9 Å². The van der Waals surface area contributed by atoms with Crippen LogP contribution in [0.5, 0.6) is 0 Å². The van der Waals surface area contributed by atoms with Crippen LogP contribution in [0.4, 0.5) is 0 Å². The van der Waals surface area contributed by atoms with Gasteiger partial charge in [-0.3, -0.25) is 0 Å². The maximum absolute atomic E-state index is 7.24. The van der Waals surface area contributed by atoms with Gasteiger partial charge in [0.15, 0.2) is 0 Å². The highest BCUT2D eigenvalue weighted by atomic mass is 16.3. The molecule has 0 aliphatic heterocycles. The number of nitrogens with one attached hydrogen (secondary N) is 1. The molecular weight excluding hydrogens is 246 g/mol. The first-order valence-electron chi connectivity index (χ1n) is 6.77. The van der Waals surface area contributed by atoms with Gasteiger partial charge < -0.3 is 9.83 Å². The molecule has 2 aromatic carbocycles. The average molecular weight is 263 g/mol. The fraction of sp³-hybridized carbons (Fsp3) is 0.167. The summed E-state index contributed by atoms with van der Waals surface area (Å²) in [6.07, 6.45) is 4.22. The van der Waals surface area contributed by atoms with Crippen molar-refractivity contribution in [1.82, 2.24) is 0 Å². The van der Waals surface area contributed by atoms with Gasteiger partial charge in [0.25, 0.3) is 0 Å². The van der Waals surface area contributed by atoms with Gasteiger partial charge in [-0.15, -0.1) is 0 Å². The fourth-order valence-electron chi connectivity index (χ4n) is 2.51. The lowest BCUT2D eigenvalue weighted by Crippen LogP contribution is -1.84. The van der Waals surface area contributed by atoms with Gasteiger partial charge in [-0.1, -0.05) is 42.5 Å². The molecule has 0 spiro atoms. The maximum Gasteiger partial charge on any atom is 0.138 e. The summed E-state index contributed by atoms with van der Waals surface area (Å²) < 4.78 is 6.09. The Bertz CT molecular complexity index is 824. The summed E-state index contributed by atoms with van der Waals surface area (Å²) in [7, 11) is 0. The van der Waals surface area contributed by atoms with Crippen LogP contribution in [0.2, 0.25) is 0 Å². The summed E-state index contributed by atoms with van der Waals surface area (Å²) in [5.74, 6) is 0. The second-order valence-electron chi connectivity index (χ2n) is 5.14. The van der Waals surface area contributed by atoms with Crippen LogP contribution in [-0.4, -0.2) is 6.21 Å². The van der Waals surface area contributed by atoms with Crippen molar-refractivity contribution in [2.75, 3.05) is 0 Å². The topological polar surface area (TPSA) is 37.0 Å². The van der Waals surface area contributed by atoms with Gasteiger partial charge in [0.05, 0.1) is 0 Å². The van der Waals surface area contributed by atoms with E-state index in [2.05, 4.69) is 49.4 Å². The molecule has 0 bridgehead atoms. The Balaban J connectivity index is 2.22. The van der Waals surface area contributed by atoms with E-state index >= 15 is 0 Å². The summed E-state index contributed by atoms with van der Waals surface area (Å²) in [5.41, 5.74) is 5.23. The summed E-state index contributed by atoms with van der Waals surface area (Å²) >= 11 is 0. The second-order valence-corrected chi connectivity index (χ2v) is 5.14. The van der Waals surface area contributed by atoms with E-state index in [1.165, 1.54) is 22.6 Å². The molecule has 1 N–H and O–H groups in total. The van der Waals surface area contributed by atoms with Gasteiger partial charge in [-0.25, -0.2) is 0 Å². The van der Waals surface area contributed by atoms with Crippen LogP contribution >= 0.6 is 0 Å². The molecule has 0 radical (unpaired) electrons. The number of aryl methyl sites for hydroxylation is 1. The number of allylic oxidation sites excluding steroid dienone is 2. The van der Waals surface area contributed by atoms with E-state index in [0.717, 1.165) is 28.7 Å². The Morgan fingerprint density at radius 1 is 1.10 bits per heavy atom. The smallest absolute Gasteiger partial charge is 0.138 e. The highest BCUT2D eigenvalue weighted by molar-refractivity contribution is 6.06. The van der Waals surface area contributed by atoms with E-state index < -0.39 is 0 Å². The minimum atomic E-state index is 0.789. The second kappa shape index (κ2) is 4.97. The molecule has 0 aliphatic rings. The van der Waals surface area contributed by atoms with Crippen molar-refractivity contribution >= 4 is 28.2 Å². The molecule has 1 aromatic heterocycles. The lowest BCUT2D eigenvalue weighted by atomic mass is 10.0. The largest absolute Gasteiger partial charge is 0.455 e. The molecule has 0 unspecified atom stereocenters. The highest BCUT2D eigenvalue weighted by Gasteiger charge is 2.10. The van der Waals surface area contributed by atoms with Crippen LogP contribution in [0, 0.1) is 12.3 Å². The molecule has 100 valence electrons. The first-order valence-corrected chi connectivity index (χ1v) is 6.77. The Morgan fingerprint density at radius 2 is 1.80 bits per heavy atom. The van der Waals surface area contributed by atoms with Crippen molar-refractivity contribution in [2.24, 2.45) is 0 Å². The van der Waals surface area contributed by atoms with Crippen molar-refractivity contribution in [3.05, 3.63) is 59.2 Å². The van der Waals surface area contributed by atoms with Crippen molar-refractivity contribution in [3.63, 3.8) is 0 Å². The molecule has 0 amide bonds. The summed E-state index contributed by atoms with van der Waals surface area (Å²) in [5, 5.41) is 9.58. The molecule has 0 saturated carbocycles. The SMILES string of the molecule is C/C(C=N)=C/Cc1cccc2c1oc1c(C)cccc12. The van der Waals surface area contributed by atoms with Crippen molar-refractivity contribution in [1.29, 1.82) is 5.41 Å². The Labute approximate surface area is 118 Å². The van der Waals surface area contributed by atoms with Gasteiger partial charge in [0.2, 0.25) is 0 Å². The number of fused-ring (bicyclic) bond motifs is 3. The lowest BCUT2D eigenvalue weighted by molar-refractivity contribution is 0.661. The maximum atomic E-state index is 7.24. The van der Waals surface area contributed by atoms with Crippen LogP contribution in [0.1, 0.15) is 18.1 Å². The third-order valence-corrected chi connectivity index (χ3v) is 3.67. The minimum Gasteiger partial charge on any atom is -0.455 e. The van der Waals surface area contributed by atoms with Gasteiger partial charge in [0.1, 0.15) is 11.2 Å². The lowest BCUT2D eigenvalue weighted by Gasteiger charge is -1.98. The Hall–Kier alpha value is -2.35. The molecule has 3 rings (SSSR count). The zero-order valence-electron chi connectivity index (χ0n) is 11.7. The fourth-order valence-corrected chi connectivity index (χ4v) is 2.51. The van der Waals surface area contributed by atoms with E-state index in [0.29, 0.717) is 0 Å². The minimum absolute atomic E-state index is 0.789.